The van der Waals surface area contributed by atoms with Crippen LogP contribution in [0, 0.1) is 0 Å². The van der Waals surface area contributed by atoms with Gasteiger partial charge in [-0.05, 0) is 55.4 Å². The first kappa shape index (κ1) is 19.6. The maximum Gasteiger partial charge on any atom is 0.229 e. The Balaban J connectivity index is 1.56. The lowest BCUT2D eigenvalue weighted by molar-refractivity contribution is 0.0119. The first-order valence-electron chi connectivity index (χ1n) is 9.12. The molecule has 146 valence electrons. The van der Waals surface area contributed by atoms with E-state index >= 15 is 0 Å². The van der Waals surface area contributed by atoms with E-state index in [4.69, 9.17) is 9.47 Å². The van der Waals surface area contributed by atoms with Crippen LogP contribution < -0.4 is 9.46 Å². The number of ether oxygens (including phenoxy) is 2. The standard InChI is InChI=1S/C20H26N2O4S/c1-25-20-8-4-3-6-17(20)15-9-11-16(12-10-15)26-14-19-18(7-5-13-21-19)22-27(2,23)24/h3-8,13,15-16,22H,9-12,14H2,1-2H3. The number of hydrogen-bond acceptors (Lipinski definition) is 5. The number of para-hydroxylation sites is 1. The van der Waals surface area contributed by atoms with Crippen LogP contribution in [0.5, 0.6) is 5.75 Å². The summed E-state index contributed by atoms with van der Waals surface area (Å²) in [5.74, 6) is 1.44. The first-order chi connectivity index (χ1) is 13.0. The third-order valence-electron chi connectivity index (χ3n) is 4.89. The number of aromatic nitrogens is 1. The highest BCUT2D eigenvalue weighted by atomic mass is 32.2. The van der Waals surface area contributed by atoms with E-state index in [2.05, 4.69) is 21.8 Å². The summed E-state index contributed by atoms with van der Waals surface area (Å²) in [5, 5.41) is 0. The molecule has 2 aromatic rings. The Bertz CT molecular complexity index is 862. The minimum Gasteiger partial charge on any atom is -0.496 e. The number of benzene rings is 1. The molecule has 1 N–H and O–H groups in total. The van der Waals surface area contributed by atoms with Gasteiger partial charge < -0.3 is 9.47 Å². The van der Waals surface area contributed by atoms with Gasteiger partial charge in [-0.1, -0.05) is 18.2 Å². The molecular weight excluding hydrogens is 364 g/mol. The first-order valence-corrected chi connectivity index (χ1v) is 11.0. The number of nitrogens with one attached hydrogen (secondary N) is 1. The van der Waals surface area contributed by atoms with Crippen LogP contribution in [0.4, 0.5) is 5.69 Å². The molecule has 1 aromatic heterocycles. The van der Waals surface area contributed by atoms with E-state index in [-0.39, 0.29) is 6.10 Å². The highest BCUT2D eigenvalue weighted by molar-refractivity contribution is 7.92. The minimum atomic E-state index is -3.34. The molecule has 27 heavy (non-hydrogen) atoms. The van der Waals surface area contributed by atoms with Crippen molar-refractivity contribution in [1.29, 1.82) is 0 Å². The van der Waals surface area contributed by atoms with Crippen LogP contribution >= 0.6 is 0 Å². The van der Waals surface area contributed by atoms with E-state index in [1.807, 2.05) is 12.1 Å². The quantitative estimate of drug-likeness (QED) is 0.780. The van der Waals surface area contributed by atoms with Crippen LogP contribution in [0.15, 0.2) is 42.6 Å². The van der Waals surface area contributed by atoms with Crippen molar-refractivity contribution in [1.82, 2.24) is 4.98 Å². The third kappa shape index (κ3) is 5.43. The lowest BCUT2D eigenvalue weighted by atomic mass is 9.82. The molecule has 1 aromatic carbocycles. The molecule has 0 aliphatic heterocycles. The Morgan fingerprint density at radius 1 is 1.11 bits per heavy atom. The smallest absolute Gasteiger partial charge is 0.229 e. The second kappa shape index (κ2) is 8.71. The molecule has 1 heterocycles. The monoisotopic (exact) mass is 390 g/mol. The maximum absolute atomic E-state index is 11.5. The molecule has 0 radical (unpaired) electrons. The molecule has 6 nitrogen and oxygen atoms in total. The zero-order valence-electron chi connectivity index (χ0n) is 15.7. The Kier molecular flexibility index (Phi) is 6.34. The van der Waals surface area contributed by atoms with E-state index in [0.717, 1.165) is 37.7 Å². The van der Waals surface area contributed by atoms with Crippen molar-refractivity contribution in [2.45, 2.75) is 44.3 Å². The summed E-state index contributed by atoms with van der Waals surface area (Å²) in [6.45, 7) is 0.294. The van der Waals surface area contributed by atoms with Crippen LogP contribution in [-0.4, -0.2) is 32.9 Å². The molecule has 0 amide bonds. The summed E-state index contributed by atoms with van der Waals surface area (Å²) >= 11 is 0. The normalized spacial score (nSPS) is 20.2. The molecular formula is C20H26N2O4S. The van der Waals surface area contributed by atoms with Crippen LogP contribution in [-0.2, 0) is 21.4 Å². The number of rotatable bonds is 7. The van der Waals surface area contributed by atoms with E-state index in [1.165, 1.54) is 5.56 Å². The highest BCUT2D eigenvalue weighted by Crippen LogP contribution is 2.38. The summed E-state index contributed by atoms with van der Waals surface area (Å²) in [6.07, 6.45) is 6.94. The van der Waals surface area contributed by atoms with Gasteiger partial charge >= 0.3 is 0 Å². The summed E-state index contributed by atoms with van der Waals surface area (Å²) in [7, 11) is -1.63. The number of hydrogen-bond donors (Lipinski definition) is 1. The van der Waals surface area contributed by atoms with Crippen molar-refractivity contribution >= 4 is 15.7 Å². The molecule has 3 rings (SSSR count). The SMILES string of the molecule is COc1ccccc1C1CCC(OCc2ncccc2NS(C)(=O)=O)CC1. The van der Waals surface area contributed by atoms with E-state index in [0.29, 0.717) is 23.9 Å². The highest BCUT2D eigenvalue weighted by Gasteiger charge is 2.25. The van der Waals surface area contributed by atoms with Gasteiger partial charge in [0.2, 0.25) is 10.0 Å². The summed E-state index contributed by atoms with van der Waals surface area (Å²) in [5.41, 5.74) is 2.35. The molecule has 0 bridgehead atoms. The van der Waals surface area contributed by atoms with Gasteiger partial charge in [0.05, 0.1) is 37.5 Å². The van der Waals surface area contributed by atoms with Crippen LogP contribution in [0.25, 0.3) is 0 Å². The lowest BCUT2D eigenvalue weighted by Gasteiger charge is -2.29. The van der Waals surface area contributed by atoms with Crippen molar-refractivity contribution in [3.05, 3.63) is 53.9 Å². The lowest BCUT2D eigenvalue weighted by Crippen LogP contribution is -2.21. The third-order valence-corrected chi connectivity index (χ3v) is 5.49. The molecule has 0 saturated heterocycles. The Morgan fingerprint density at radius 3 is 2.56 bits per heavy atom. The molecule has 1 aliphatic carbocycles. The molecule has 1 saturated carbocycles. The summed E-state index contributed by atoms with van der Waals surface area (Å²) < 4.78 is 37.0. The fourth-order valence-electron chi connectivity index (χ4n) is 3.59. The van der Waals surface area contributed by atoms with Crippen molar-refractivity contribution < 1.29 is 17.9 Å². The number of anilines is 1. The zero-order chi connectivity index (χ0) is 19.3. The van der Waals surface area contributed by atoms with E-state index in [9.17, 15) is 8.42 Å². The molecule has 1 aliphatic rings. The fraction of sp³-hybridized carbons (Fsp3) is 0.450. The van der Waals surface area contributed by atoms with Gasteiger partial charge in [-0.25, -0.2) is 8.42 Å². The Hall–Kier alpha value is -2.12. The summed E-state index contributed by atoms with van der Waals surface area (Å²) in [4.78, 5) is 4.26. The second-order valence-electron chi connectivity index (χ2n) is 6.90. The van der Waals surface area contributed by atoms with Gasteiger partial charge in [0.15, 0.2) is 0 Å². The largest absolute Gasteiger partial charge is 0.496 e. The predicted octanol–water partition coefficient (Wildman–Crippen LogP) is 3.70. The number of sulfonamides is 1. The molecule has 0 spiro atoms. The number of pyridine rings is 1. The number of nitrogens with zero attached hydrogens (tertiary/aromatic N) is 1. The Labute approximate surface area is 161 Å². The van der Waals surface area contributed by atoms with E-state index < -0.39 is 10.0 Å². The van der Waals surface area contributed by atoms with Gasteiger partial charge in [-0.15, -0.1) is 0 Å². The van der Waals surface area contributed by atoms with Gasteiger partial charge in [-0.3, -0.25) is 9.71 Å². The van der Waals surface area contributed by atoms with Crippen molar-refractivity contribution in [2.24, 2.45) is 0 Å². The Morgan fingerprint density at radius 2 is 1.85 bits per heavy atom. The molecule has 0 unspecified atom stereocenters. The minimum absolute atomic E-state index is 0.157. The van der Waals surface area contributed by atoms with Crippen molar-refractivity contribution in [3.63, 3.8) is 0 Å². The van der Waals surface area contributed by atoms with Crippen molar-refractivity contribution in [2.75, 3.05) is 18.1 Å². The zero-order valence-corrected chi connectivity index (χ0v) is 16.5. The predicted molar refractivity (Wildman–Crippen MR) is 105 cm³/mol. The maximum atomic E-state index is 11.5. The average molecular weight is 391 g/mol. The van der Waals surface area contributed by atoms with Crippen LogP contribution in [0.2, 0.25) is 0 Å². The second-order valence-corrected chi connectivity index (χ2v) is 8.65. The van der Waals surface area contributed by atoms with Crippen LogP contribution in [0.1, 0.15) is 42.9 Å². The van der Waals surface area contributed by atoms with E-state index in [1.54, 1.807) is 25.4 Å². The topological polar surface area (TPSA) is 77.5 Å². The van der Waals surface area contributed by atoms with Crippen molar-refractivity contribution in [3.8, 4) is 5.75 Å². The van der Waals surface area contributed by atoms with Crippen LogP contribution in [0.3, 0.4) is 0 Å². The molecule has 1 fully saturated rings. The number of methoxy groups -OCH3 is 1. The molecule has 7 heteroatoms. The summed E-state index contributed by atoms with van der Waals surface area (Å²) in [6, 6.07) is 11.6. The van der Waals surface area contributed by atoms with Gasteiger partial charge in [0.25, 0.3) is 0 Å². The molecule has 0 atom stereocenters. The average Bonchev–Trinajstić information content (AvgIpc) is 2.66. The van der Waals surface area contributed by atoms with Gasteiger partial charge in [-0.2, -0.15) is 0 Å². The van der Waals surface area contributed by atoms with Gasteiger partial charge in [0, 0.05) is 6.20 Å². The van der Waals surface area contributed by atoms with Gasteiger partial charge in [0.1, 0.15) is 5.75 Å². The fourth-order valence-corrected chi connectivity index (χ4v) is 4.17.